The van der Waals surface area contributed by atoms with Crippen LogP contribution in [-0.4, -0.2) is 18.4 Å². The van der Waals surface area contributed by atoms with Crippen LogP contribution < -0.4 is 15.0 Å². The Hall–Kier alpha value is -2.82. The van der Waals surface area contributed by atoms with E-state index < -0.39 is 0 Å². The number of carbonyl (C=O) groups is 2. The molecule has 1 heterocycles. The molecule has 0 aromatic heterocycles. The summed E-state index contributed by atoms with van der Waals surface area (Å²) in [5.74, 6) is 1.55. The van der Waals surface area contributed by atoms with Crippen molar-refractivity contribution in [1.82, 2.24) is 0 Å². The highest BCUT2D eigenvalue weighted by molar-refractivity contribution is 6.10. The summed E-state index contributed by atoms with van der Waals surface area (Å²) in [4.78, 5) is 27.3. The van der Waals surface area contributed by atoms with Crippen molar-refractivity contribution in [3.63, 3.8) is 0 Å². The largest absolute Gasteiger partial charge is 0.454 e. The third-order valence-electron chi connectivity index (χ3n) is 5.63. The second-order valence-corrected chi connectivity index (χ2v) is 7.59. The van der Waals surface area contributed by atoms with Gasteiger partial charge in [-0.15, -0.1) is 0 Å². The first-order valence-corrected chi connectivity index (χ1v) is 10.2. The Morgan fingerprint density at radius 2 is 1.89 bits per heavy atom. The van der Waals surface area contributed by atoms with E-state index in [9.17, 15) is 9.59 Å². The van der Waals surface area contributed by atoms with Gasteiger partial charge in [0.1, 0.15) is 5.75 Å². The molecule has 1 aliphatic carbocycles. The summed E-state index contributed by atoms with van der Waals surface area (Å²) in [6, 6.07) is 12.8. The van der Waals surface area contributed by atoms with Crippen LogP contribution in [0.1, 0.15) is 55.8 Å². The molecule has 0 atom stereocenters. The zero-order chi connectivity index (χ0) is 19.5. The molecule has 1 saturated carbocycles. The van der Waals surface area contributed by atoms with E-state index in [1.165, 1.54) is 19.3 Å². The SMILES string of the molecule is CCN1C(=O)c2cc(NC(=O)CC3CCCCC3)ccc2Oc2ccccc21. The molecule has 2 aromatic carbocycles. The molecule has 0 unspecified atom stereocenters. The highest BCUT2D eigenvalue weighted by atomic mass is 16.5. The zero-order valence-electron chi connectivity index (χ0n) is 16.2. The molecular formula is C23H26N2O3. The molecule has 2 amide bonds. The fourth-order valence-corrected chi connectivity index (χ4v) is 4.18. The van der Waals surface area contributed by atoms with Crippen LogP contribution >= 0.6 is 0 Å². The average molecular weight is 378 g/mol. The molecule has 28 heavy (non-hydrogen) atoms. The maximum Gasteiger partial charge on any atom is 0.262 e. The smallest absolute Gasteiger partial charge is 0.262 e. The second kappa shape index (κ2) is 8.05. The van der Waals surface area contributed by atoms with E-state index in [4.69, 9.17) is 4.74 Å². The Morgan fingerprint density at radius 3 is 2.68 bits per heavy atom. The topological polar surface area (TPSA) is 58.6 Å². The number of hydrogen-bond acceptors (Lipinski definition) is 3. The van der Waals surface area contributed by atoms with Crippen LogP contribution in [0.2, 0.25) is 0 Å². The number of carbonyl (C=O) groups excluding carboxylic acids is 2. The van der Waals surface area contributed by atoms with Gasteiger partial charge in [0, 0.05) is 18.7 Å². The van der Waals surface area contributed by atoms with Crippen LogP contribution in [-0.2, 0) is 4.79 Å². The molecule has 2 aromatic rings. The van der Waals surface area contributed by atoms with Crippen LogP contribution in [0.4, 0.5) is 11.4 Å². The first-order valence-electron chi connectivity index (χ1n) is 10.2. The number of rotatable bonds is 4. The van der Waals surface area contributed by atoms with Crippen LogP contribution in [0, 0.1) is 5.92 Å². The first kappa shape index (κ1) is 18.5. The molecule has 0 bridgehead atoms. The maximum absolute atomic E-state index is 13.1. The summed E-state index contributed by atoms with van der Waals surface area (Å²) in [5, 5.41) is 2.97. The Balaban J connectivity index is 1.55. The fraction of sp³-hybridized carbons (Fsp3) is 0.391. The van der Waals surface area contributed by atoms with E-state index >= 15 is 0 Å². The Bertz CT molecular complexity index is 887. The lowest BCUT2D eigenvalue weighted by Crippen LogP contribution is -2.29. The molecular weight excluding hydrogens is 352 g/mol. The highest BCUT2D eigenvalue weighted by Gasteiger charge is 2.27. The van der Waals surface area contributed by atoms with Crippen molar-refractivity contribution in [2.45, 2.75) is 45.4 Å². The summed E-state index contributed by atoms with van der Waals surface area (Å²) in [6.45, 7) is 2.48. The second-order valence-electron chi connectivity index (χ2n) is 7.59. The van der Waals surface area contributed by atoms with Gasteiger partial charge in [0.2, 0.25) is 5.91 Å². The number of ether oxygens (including phenoxy) is 1. The maximum atomic E-state index is 13.1. The molecule has 0 spiro atoms. The lowest BCUT2D eigenvalue weighted by molar-refractivity contribution is -0.117. The van der Waals surface area contributed by atoms with Gasteiger partial charge < -0.3 is 15.0 Å². The van der Waals surface area contributed by atoms with Gasteiger partial charge in [-0.05, 0) is 56.0 Å². The van der Waals surface area contributed by atoms with Crippen LogP contribution in [0.5, 0.6) is 11.5 Å². The van der Waals surface area contributed by atoms with Gasteiger partial charge in [0.05, 0.1) is 11.3 Å². The summed E-state index contributed by atoms with van der Waals surface area (Å²) < 4.78 is 6.01. The molecule has 0 radical (unpaired) electrons. The molecule has 1 N–H and O–H groups in total. The molecule has 5 heteroatoms. The Labute approximate surface area is 165 Å². The monoisotopic (exact) mass is 378 g/mol. The number of amides is 2. The van der Waals surface area contributed by atoms with Crippen molar-refractivity contribution in [3.05, 3.63) is 48.0 Å². The summed E-state index contributed by atoms with van der Waals surface area (Å²) in [6.07, 6.45) is 6.53. The van der Waals surface area contributed by atoms with E-state index in [-0.39, 0.29) is 11.8 Å². The minimum atomic E-state index is -0.120. The van der Waals surface area contributed by atoms with Crippen LogP contribution in [0.25, 0.3) is 0 Å². The molecule has 5 nitrogen and oxygen atoms in total. The van der Waals surface area contributed by atoms with Crippen LogP contribution in [0.15, 0.2) is 42.5 Å². The number of anilines is 2. The Kier molecular flexibility index (Phi) is 5.33. The first-order chi connectivity index (χ1) is 13.7. The van der Waals surface area contributed by atoms with Crippen molar-refractivity contribution >= 4 is 23.2 Å². The molecule has 0 saturated heterocycles. The van der Waals surface area contributed by atoms with Crippen molar-refractivity contribution in [3.8, 4) is 11.5 Å². The van der Waals surface area contributed by atoms with Gasteiger partial charge >= 0.3 is 0 Å². The lowest BCUT2D eigenvalue weighted by atomic mass is 9.87. The van der Waals surface area contributed by atoms with Crippen molar-refractivity contribution in [2.24, 2.45) is 5.92 Å². The van der Waals surface area contributed by atoms with Gasteiger partial charge in [0.25, 0.3) is 5.91 Å². The van der Waals surface area contributed by atoms with Gasteiger partial charge in [0.15, 0.2) is 5.75 Å². The van der Waals surface area contributed by atoms with Gasteiger partial charge in [-0.3, -0.25) is 9.59 Å². The minimum absolute atomic E-state index is 0.0180. The van der Waals surface area contributed by atoms with Gasteiger partial charge in [-0.25, -0.2) is 0 Å². The quantitative estimate of drug-likeness (QED) is 0.778. The number of fused-ring (bicyclic) bond motifs is 2. The van der Waals surface area contributed by atoms with E-state index in [0.29, 0.717) is 41.6 Å². The normalized spacial score (nSPS) is 16.6. The number of benzene rings is 2. The minimum Gasteiger partial charge on any atom is -0.454 e. The number of nitrogens with one attached hydrogen (secondary N) is 1. The standard InChI is InChI=1S/C23H26N2O3/c1-2-25-19-10-6-7-11-21(19)28-20-13-12-17(15-18(20)23(25)27)24-22(26)14-16-8-4-3-5-9-16/h6-7,10-13,15-16H,2-5,8-9,14H2,1H3,(H,24,26). The van der Waals surface area contributed by atoms with Crippen molar-refractivity contribution < 1.29 is 14.3 Å². The summed E-state index contributed by atoms with van der Waals surface area (Å²) in [7, 11) is 0. The molecule has 1 aliphatic heterocycles. The number of nitrogens with zero attached hydrogens (tertiary/aromatic N) is 1. The van der Waals surface area contributed by atoms with E-state index in [0.717, 1.165) is 18.5 Å². The van der Waals surface area contributed by atoms with E-state index in [1.54, 1.807) is 23.1 Å². The third-order valence-corrected chi connectivity index (χ3v) is 5.63. The predicted molar refractivity (Wildman–Crippen MR) is 110 cm³/mol. The average Bonchev–Trinajstić information content (AvgIpc) is 2.82. The highest BCUT2D eigenvalue weighted by Crippen LogP contribution is 2.39. The number of para-hydroxylation sites is 2. The molecule has 4 rings (SSSR count). The number of hydrogen-bond donors (Lipinski definition) is 1. The van der Waals surface area contributed by atoms with Crippen molar-refractivity contribution in [1.29, 1.82) is 0 Å². The zero-order valence-corrected chi connectivity index (χ0v) is 16.2. The van der Waals surface area contributed by atoms with E-state index in [2.05, 4.69) is 5.32 Å². The Morgan fingerprint density at radius 1 is 1.11 bits per heavy atom. The lowest BCUT2D eigenvalue weighted by Gasteiger charge is -2.21. The molecule has 1 fully saturated rings. The molecule has 146 valence electrons. The van der Waals surface area contributed by atoms with E-state index in [1.807, 2.05) is 31.2 Å². The van der Waals surface area contributed by atoms with Crippen LogP contribution in [0.3, 0.4) is 0 Å². The fourth-order valence-electron chi connectivity index (χ4n) is 4.18. The van der Waals surface area contributed by atoms with Gasteiger partial charge in [-0.1, -0.05) is 31.4 Å². The molecule has 2 aliphatic rings. The third kappa shape index (κ3) is 3.75. The van der Waals surface area contributed by atoms with Gasteiger partial charge in [-0.2, -0.15) is 0 Å². The predicted octanol–water partition coefficient (Wildman–Crippen LogP) is 5.37. The summed E-state index contributed by atoms with van der Waals surface area (Å²) in [5.41, 5.74) is 1.86. The summed E-state index contributed by atoms with van der Waals surface area (Å²) >= 11 is 0. The van der Waals surface area contributed by atoms with Crippen molar-refractivity contribution in [2.75, 3.05) is 16.8 Å².